The van der Waals surface area contributed by atoms with Gasteiger partial charge in [0.05, 0.1) is 23.0 Å². The van der Waals surface area contributed by atoms with Crippen LogP contribution in [0.25, 0.3) is 21.9 Å². The van der Waals surface area contributed by atoms with E-state index in [1.54, 1.807) is 0 Å². The molecule has 7 nitrogen and oxygen atoms in total. The van der Waals surface area contributed by atoms with Crippen LogP contribution < -0.4 is 5.32 Å². The fourth-order valence-corrected chi connectivity index (χ4v) is 5.75. The monoisotopic (exact) mass is 547 g/mol. The number of hydrogen-bond acceptors (Lipinski definition) is 6. The van der Waals surface area contributed by atoms with Gasteiger partial charge in [0.1, 0.15) is 29.0 Å². The number of hydrogen-bond donors (Lipinski definition) is 3. The summed E-state index contributed by atoms with van der Waals surface area (Å²) in [6, 6.07) is 19.7. The highest BCUT2D eigenvalue weighted by Crippen LogP contribution is 2.39. The minimum Gasteiger partial charge on any atom is -0.390 e. The van der Waals surface area contributed by atoms with Gasteiger partial charge >= 0.3 is 0 Å². The third-order valence-corrected chi connectivity index (χ3v) is 8.09. The molecule has 0 aliphatic heterocycles. The first kappa shape index (κ1) is 25.1. The van der Waals surface area contributed by atoms with Crippen LogP contribution in [0, 0.1) is 5.92 Å². The van der Waals surface area contributed by atoms with Crippen LogP contribution in [-0.2, 0) is 13.0 Å². The minimum absolute atomic E-state index is 0.0409. The molecule has 2 aromatic carbocycles. The van der Waals surface area contributed by atoms with Gasteiger partial charge < -0.3 is 20.1 Å². The van der Waals surface area contributed by atoms with Crippen molar-refractivity contribution in [3.8, 4) is 0 Å². The molecule has 38 heavy (non-hydrogen) atoms. The van der Waals surface area contributed by atoms with E-state index in [-0.39, 0.29) is 12.0 Å². The van der Waals surface area contributed by atoms with Crippen LogP contribution >= 0.6 is 23.2 Å². The van der Waals surface area contributed by atoms with Crippen molar-refractivity contribution >= 4 is 51.0 Å². The molecule has 1 aliphatic rings. The standard InChI is InChI=1S/C29H27Cl2N5O2/c30-21-8-3-18(4-9-21)15-32-25-10-7-19-5-1-17(13-23(19)35-25)2-6-20-14-24(27(38)26(20)37)36-12-11-22-28(31)33-16-34-29(22)36/h1,3-5,7-13,16,20,24,26-27,37-38H,2,6,14-15H2,(H,32,35)/t20-,24+,26+,27-/m0/s1. The Hall–Kier alpha value is -3.23. The Morgan fingerprint density at radius 3 is 2.55 bits per heavy atom. The second kappa shape index (κ2) is 10.5. The van der Waals surface area contributed by atoms with Gasteiger partial charge in [-0.25, -0.2) is 15.0 Å². The van der Waals surface area contributed by atoms with Crippen molar-refractivity contribution in [2.45, 2.75) is 44.1 Å². The number of aliphatic hydroxyl groups excluding tert-OH is 2. The number of nitrogens with one attached hydrogen (secondary N) is 1. The second-order valence-corrected chi connectivity index (χ2v) is 10.7. The van der Waals surface area contributed by atoms with Crippen LogP contribution in [0.2, 0.25) is 10.2 Å². The Balaban J connectivity index is 1.13. The Morgan fingerprint density at radius 1 is 0.921 bits per heavy atom. The maximum atomic E-state index is 10.9. The van der Waals surface area contributed by atoms with Gasteiger partial charge in [-0.05, 0) is 72.7 Å². The summed E-state index contributed by atoms with van der Waals surface area (Å²) in [5.41, 5.74) is 3.87. The van der Waals surface area contributed by atoms with Gasteiger partial charge in [-0.3, -0.25) is 0 Å². The first-order valence-electron chi connectivity index (χ1n) is 12.7. The molecule has 1 saturated carbocycles. The Bertz CT molecular complexity index is 1590. The lowest BCUT2D eigenvalue weighted by Crippen LogP contribution is -2.29. The van der Waals surface area contributed by atoms with Crippen molar-refractivity contribution in [1.29, 1.82) is 0 Å². The summed E-state index contributed by atoms with van der Waals surface area (Å²) < 4.78 is 1.91. The highest BCUT2D eigenvalue weighted by molar-refractivity contribution is 6.33. The molecule has 3 N–H and O–H groups in total. The summed E-state index contributed by atoms with van der Waals surface area (Å²) in [6.45, 7) is 0.660. The molecular formula is C29H27Cl2N5O2. The van der Waals surface area contributed by atoms with E-state index < -0.39 is 12.2 Å². The zero-order valence-electron chi connectivity index (χ0n) is 20.5. The summed E-state index contributed by atoms with van der Waals surface area (Å²) in [5, 5.41) is 28.0. The van der Waals surface area contributed by atoms with Crippen molar-refractivity contribution in [2.75, 3.05) is 5.32 Å². The number of aromatic nitrogens is 4. The van der Waals surface area contributed by atoms with E-state index in [0.29, 0.717) is 23.8 Å². The van der Waals surface area contributed by atoms with Gasteiger partial charge in [0.25, 0.3) is 0 Å². The largest absolute Gasteiger partial charge is 0.390 e. The summed E-state index contributed by atoms with van der Waals surface area (Å²) in [4.78, 5) is 13.2. The van der Waals surface area contributed by atoms with Gasteiger partial charge in [-0.15, -0.1) is 0 Å². The maximum absolute atomic E-state index is 10.9. The van der Waals surface area contributed by atoms with E-state index in [9.17, 15) is 10.2 Å². The fourth-order valence-electron chi connectivity index (χ4n) is 5.43. The molecule has 6 rings (SSSR count). The van der Waals surface area contributed by atoms with Gasteiger partial charge in [0, 0.05) is 23.2 Å². The second-order valence-electron chi connectivity index (χ2n) is 9.91. The van der Waals surface area contributed by atoms with Crippen molar-refractivity contribution in [2.24, 2.45) is 5.92 Å². The van der Waals surface area contributed by atoms with Crippen LogP contribution in [0.15, 0.2) is 73.2 Å². The average Bonchev–Trinajstić information content (AvgIpc) is 3.48. The van der Waals surface area contributed by atoms with E-state index in [2.05, 4.69) is 39.6 Å². The molecule has 0 unspecified atom stereocenters. The zero-order chi connectivity index (χ0) is 26.2. The highest BCUT2D eigenvalue weighted by Gasteiger charge is 2.42. The SMILES string of the molecule is O[C@@H]1[C@@H](CCc2ccc3ccc(NCc4ccc(Cl)cc4)nc3c2)C[C@@H](n2ccc3c(Cl)ncnc32)[C@@H]1O. The molecule has 0 radical (unpaired) electrons. The van der Waals surface area contributed by atoms with Crippen molar-refractivity contribution in [3.63, 3.8) is 0 Å². The van der Waals surface area contributed by atoms with Crippen LogP contribution in [0.5, 0.6) is 0 Å². The molecule has 0 amide bonds. The predicted octanol–water partition coefficient (Wildman–Crippen LogP) is 5.81. The van der Waals surface area contributed by atoms with E-state index in [1.165, 1.54) is 6.33 Å². The average molecular weight is 548 g/mol. The molecular weight excluding hydrogens is 521 g/mol. The first-order chi connectivity index (χ1) is 18.5. The first-order valence-corrected chi connectivity index (χ1v) is 13.4. The molecule has 3 aromatic heterocycles. The number of nitrogens with zero attached hydrogens (tertiary/aromatic N) is 4. The highest BCUT2D eigenvalue weighted by atomic mass is 35.5. The van der Waals surface area contributed by atoms with Gasteiger partial charge in [0.2, 0.25) is 0 Å². The Morgan fingerprint density at radius 2 is 1.71 bits per heavy atom. The van der Waals surface area contributed by atoms with Gasteiger partial charge in [0.15, 0.2) is 0 Å². The lowest BCUT2D eigenvalue weighted by atomic mass is 9.95. The van der Waals surface area contributed by atoms with E-state index in [0.717, 1.165) is 51.1 Å². The molecule has 0 bridgehead atoms. The molecule has 4 atom stereocenters. The van der Waals surface area contributed by atoms with E-state index in [4.69, 9.17) is 28.2 Å². The third-order valence-electron chi connectivity index (χ3n) is 7.54. The normalized spacial score (nSPS) is 21.4. The smallest absolute Gasteiger partial charge is 0.145 e. The minimum atomic E-state index is -0.878. The molecule has 0 spiro atoms. The lowest BCUT2D eigenvalue weighted by Gasteiger charge is -2.19. The van der Waals surface area contributed by atoms with Gasteiger partial charge in [-0.1, -0.05) is 47.5 Å². The number of halogens is 2. The Labute approximate surface area is 230 Å². The lowest BCUT2D eigenvalue weighted by molar-refractivity contribution is 0.00545. The Kier molecular flexibility index (Phi) is 6.93. The summed E-state index contributed by atoms with van der Waals surface area (Å²) in [7, 11) is 0. The number of aryl methyl sites for hydroxylation is 1. The van der Waals surface area contributed by atoms with Crippen LogP contribution in [0.1, 0.15) is 30.0 Å². The maximum Gasteiger partial charge on any atom is 0.145 e. The molecule has 0 saturated heterocycles. The van der Waals surface area contributed by atoms with Crippen molar-refractivity contribution in [3.05, 3.63) is 94.5 Å². The zero-order valence-corrected chi connectivity index (χ0v) is 22.0. The fraction of sp³-hybridized carbons (Fsp3) is 0.276. The molecule has 3 heterocycles. The number of rotatable bonds is 7. The molecule has 1 aliphatic carbocycles. The van der Waals surface area contributed by atoms with Crippen LogP contribution in [0.4, 0.5) is 5.82 Å². The van der Waals surface area contributed by atoms with Crippen molar-refractivity contribution in [1.82, 2.24) is 19.5 Å². The van der Waals surface area contributed by atoms with E-state index >= 15 is 0 Å². The number of benzene rings is 2. The number of pyridine rings is 1. The molecule has 194 valence electrons. The number of aliphatic hydroxyl groups is 2. The van der Waals surface area contributed by atoms with Crippen LogP contribution in [-0.4, -0.2) is 41.9 Å². The van der Waals surface area contributed by atoms with Crippen molar-refractivity contribution < 1.29 is 10.2 Å². The van der Waals surface area contributed by atoms with E-state index in [1.807, 2.05) is 47.2 Å². The summed E-state index contributed by atoms with van der Waals surface area (Å²) in [5.74, 6) is 0.769. The summed E-state index contributed by atoms with van der Waals surface area (Å²) >= 11 is 12.2. The predicted molar refractivity (Wildman–Crippen MR) is 151 cm³/mol. The molecule has 5 aromatic rings. The molecule has 1 fully saturated rings. The third kappa shape index (κ3) is 4.95. The van der Waals surface area contributed by atoms with Gasteiger partial charge in [-0.2, -0.15) is 0 Å². The topological polar surface area (TPSA) is 96.1 Å². The quantitative estimate of drug-likeness (QED) is 0.222. The van der Waals surface area contributed by atoms with Crippen LogP contribution in [0.3, 0.4) is 0 Å². The summed E-state index contributed by atoms with van der Waals surface area (Å²) in [6.07, 6.45) is 3.78. The molecule has 9 heteroatoms. The number of fused-ring (bicyclic) bond motifs is 2. The number of anilines is 1.